The molecule has 0 aromatic carbocycles. The summed E-state index contributed by atoms with van der Waals surface area (Å²) in [7, 11) is -0.275. The fourth-order valence-electron chi connectivity index (χ4n) is 1.59. The zero-order valence-electron chi connectivity index (χ0n) is 10.2. The molecule has 5 heteroatoms. The van der Waals surface area contributed by atoms with Crippen LogP contribution in [0.2, 0.25) is 0 Å². The van der Waals surface area contributed by atoms with Crippen molar-refractivity contribution in [3.8, 4) is 0 Å². The third-order valence-electron chi connectivity index (χ3n) is 3.33. The number of hydrogen-bond donors (Lipinski definition) is 0. The predicted octanol–water partition coefficient (Wildman–Crippen LogP) is -0.361. The molecule has 1 unspecified atom stereocenters. The van der Waals surface area contributed by atoms with Crippen LogP contribution >= 0.6 is 0 Å². The Labute approximate surface area is 106 Å². The van der Waals surface area contributed by atoms with Crippen molar-refractivity contribution in [3.63, 3.8) is 0 Å². The summed E-state index contributed by atoms with van der Waals surface area (Å²) in [5.74, 6) is 0. The van der Waals surface area contributed by atoms with E-state index in [9.17, 15) is 0 Å². The van der Waals surface area contributed by atoms with E-state index in [4.69, 9.17) is 9.31 Å². The summed E-state index contributed by atoms with van der Waals surface area (Å²) in [5, 5.41) is 0. The van der Waals surface area contributed by atoms with Crippen molar-refractivity contribution in [1.82, 2.24) is 4.98 Å². The van der Waals surface area contributed by atoms with Gasteiger partial charge in [0, 0.05) is 0 Å². The van der Waals surface area contributed by atoms with Crippen molar-refractivity contribution < 1.29 is 9.31 Å². The molecule has 86 valence electrons. The van der Waals surface area contributed by atoms with E-state index in [1.54, 1.807) is 6.20 Å². The van der Waals surface area contributed by atoms with E-state index < -0.39 is 0 Å². The first-order valence-electron chi connectivity index (χ1n) is 5.39. The van der Waals surface area contributed by atoms with Crippen molar-refractivity contribution in [3.05, 3.63) is 18.3 Å². The Morgan fingerprint density at radius 2 is 1.75 bits per heavy atom. The van der Waals surface area contributed by atoms with Gasteiger partial charge >= 0.3 is 105 Å². The van der Waals surface area contributed by atoms with Crippen LogP contribution in [0.5, 0.6) is 0 Å². The topological polar surface area (TPSA) is 31.4 Å². The van der Waals surface area contributed by atoms with Crippen LogP contribution in [0.1, 0.15) is 27.7 Å². The number of pyridine rings is 1. The van der Waals surface area contributed by atoms with Gasteiger partial charge in [0.25, 0.3) is 0 Å². The Balaban J connectivity index is 2.27. The average molecular weight is 281 g/mol. The molecular formula is C11H17AsBNO2. The van der Waals surface area contributed by atoms with Gasteiger partial charge in [-0.15, -0.1) is 0 Å². The minimum atomic E-state index is -0.278. The second kappa shape index (κ2) is 3.87. The second-order valence-corrected chi connectivity index (χ2v) is 6.34. The second-order valence-electron chi connectivity index (χ2n) is 5.10. The van der Waals surface area contributed by atoms with Crippen LogP contribution in [-0.4, -0.2) is 40.2 Å². The van der Waals surface area contributed by atoms with Crippen molar-refractivity contribution >= 4 is 33.9 Å². The molecule has 0 aliphatic carbocycles. The van der Waals surface area contributed by atoms with Crippen LogP contribution in [-0.2, 0) is 9.31 Å². The molecule has 3 nitrogen and oxygen atoms in total. The zero-order chi connectivity index (χ0) is 12.0. The molecule has 1 saturated heterocycles. The SMILES string of the molecule is CC1(C)OB(c2ccnc([AsH2])c2)OC1(C)C. The van der Waals surface area contributed by atoms with Crippen molar-refractivity contribution in [2.24, 2.45) is 0 Å². The molecular weight excluding hydrogens is 264 g/mol. The Morgan fingerprint density at radius 1 is 1.19 bits per heavy atom. The summed E-state index contributed by atoms with van der Waals surface area (Å²) in [5.41, 5.74) is 0.494. The Kier molecular flexibility index (Phi) is 2.94. The summed E-state index contributed by atoms with van der Waals surface area (Å²) in [6, 6.07) is 3.98. The Morgan fingerprint density at radius 3 is 2.25 bits per heavy atom. The predicted molar refractivity (Wildman–Crippen MR) is 68.1 cm³/mol. The molecule has 16 heavy (non-hydrogen) atoms. The summed E-state index contributed by atoms with van der Waals surface area (Å²) >= 11 is 1.51. The van der Waals surface area contributed by atoms with E-state index >= 15 is 0 Å². The molecule has 0 spiro atoms. The van der Waals surface area contributed by atoms with Crippen LogP contribution < -0.4 is 9.94 Å². The van der Waals surface area contributed by atoms with Crippen molar-refractivity contribution in [2.75, 3.05) is 0 Å². The fourth-order valence-corrected chi connectivity index (χ4v) is 2.18. The van der Waals surface area contributed by atoms with E-state index in [1.165, 1.54) is 16.9 Å². The third kappa shape index (κ3) is 2.06. The number of rotatable bonds is 1. The van der Waals surface area contributed by atoms with Gasteiger partial charge in [0.05, 0.1) is 0 Å². The standard InChI is InChI=1S/C11H17AsBNO2/c1-10(2)11(3,4)16-13(15-10)8-5-6-14-9(12)7-8/h5-7H,12H2,1-4H3. The van der Waals surface area contributed by atoms with Crippen LogP contribution in [0.15, 0.2) is 18.3 Å². The molecule has 1 aromatic heterocycles. The molecule has 0 radical (unpaired) electrons. The van der Waals surface area contributed by atoms with Gasteiger partial charge in [-0.05, 0) is 0 Å². The Bertz CT molecular complexity index is 393. The number of nitrogens with zero attached hydrogens (tertiary/aromatic N) is 1. The van der Waals surface area contributed by atoms with Crippen molar-refractivity contribution in [1.29, 1.82) is 0 Å². The van der Waals surface area contributed by atoms with Gasteiger partial charge in [-0.2, -0.15) is 0 Å². The van der Waals surface area contributed by atoms with E-state index in [0.29, 0.717) is 0 Å². The van der Waals surface area contributed by atoms with Crippen LogP contribution in [0, 0.1) is 0 Å². The van der Waals surface area contributed by atoms with Gasteiger partial charge in [-0.1, -0.05) is 0 Å². The molecule has 1 aliphatic rings. The molecule has 1 aliphatic heterocycles. The van der Waals surface area contributed by atoms with Gasteiger partial charge in [0.1, 0.15) is 0 Å². The van der Waals surface area contributed by atoms with E-state index in [2.05, 4.69) is 32.7 Å². The maximum absolute atomic E-state index is 5.96. The molecule has 0 N–H and O–H groups in total. The summed E-state index contributed by atoms with van der Waals surface area (Å²) < 4.78 is 13.0. The molecule has 1 aromatic rings. The molecule has 1 fully saturated rings. The molecule has 2 rings (SSSR count). The van der Waals surface area contributed by atoms with Gasteiger partial charge in [-0.3, -0.25) is 0 Å². The van der Waals surface area contributed by atoms with E-state index in [-0.39, 0.29) is 18.3 Å². The van der Waals surface area contributed by atoms with Gasteiger partial charge < -0.3 is 0 Å². The van der Waals surface area contributed by atoms with Gasteiger partial charge in [0.15, 0.2) is 0 Å². The molecule has 2 heterocycles. The van der Waals surface area contributed by atoms with Crippen LogP contribution in [0.25, 0.3) is 0 Å². The summed E-state index contributed by atoms with van der Waals surface area (Å²) in [4.78, 5) is 4.20. The van der Waals surface area contributed by atoms with Crippen LogP contribution in [0.4, 0.5) is 0 Å². The minimum absolute atomic E-state index is 0.275. The maximum atomic E-state index is 5.96. The fraction of sp³-hybridized carbons (Fsp3) is 0.545. The van der Waals surface area contributed by atoms with Crippen LogP contribution in [0.3, 0.4) is 0 Å². The van der Waals surface area contributed by atoms with Crippen molar-refractivity contribution in [2.45, 2.75) is 38.9 Å². The zero-order valence-corrected chi connectivity index (χ0v) is 12.6. The summed E-state index contributed by atoms with van der Waals surface area (Å²) in [6.07, 6.45) is 1.80. The third-order valence-corrected chi connectivity index (χ3v) is 3.99. The van der Waals surface area contributed by atoms with E-state index in [0.717, 1.165) is 9.94 Å². The Hall–Kier alpha value is -0.307. The number of hydrogen-bond acceptors (Lipinski definition) is 3. The first-order chi connectivity index (χ1) is 7.32. The molecule has 0 saturated carbocycles. The normalized spacial score (nSPS) is 22.4. The number of aromatic nitrogens is 1. The molecule has 0 bridgehead atoms. The summed E-state index contributed by atoms with van der Waals surface area (Å²) in [6.45, 7) is 8.24. The average Bonchev–Trinajstić information content (AvgIpc) is 2.36. The van der Waals surface area contributed by atoms with E-state index in [1.807, 2.05) is 12.1 Å². The monoisotopic (exact) mass is 281 g/mol. The first kappa shape index (κ1) is 12.2. The van der Waals surface area contributed by atoms with Gasteiger partial charge in [0.2, 0.25) is 0 Å². The first-order valence-corrected chi connectivity index (χ1v) is 6.60. The molecule has 0 amide bonds. The quantitative estimate of drug-likeness (QED) is 0.659. The molecule has 1 atom stereocenters. The van der Waals surface area contributed by atoms with Gasteiger partial charge in [-0.25, -0.2) is 0 Å².